The second kappa shape index (κ2) is 29.2. The Morgan fingerprint density at radius 1 is 0.650 bits per heavy atom. The predicted octanol–water partition coefficient (Wildman–Crippen LogP) is 10.9. The highest BCUT2D eigenvalue weighted by atomic mass is 127. The molecule has 0 amide bonds. The minimum Gasteiger partial charge on any atom is -0.377 e. The number of unbranched alkanes of at least 4 members (excludes halogenated alkanes) is 13. The molecule has 240 valence electrons. The van der Waals surface area contributed by atoms with E-state index >= 15 is 0 Å². The lowest BCUT2D eigenvalue weighted by molar-refractivity contribution is 0.121. The molecule has 0 heterocycles. The van der Waals surface area contributed by atoms with Gasteiger partial charge in [0.15, 0.2) is 0 Å². The zero-order valence-electron chi connectivity index (χ0n) is 26.4. The Kier molecular flexibility index (Phi) is 33.5. The molecule has 0 radical (unpaired) electrons. The van der Waals surface area contributed by atoms with Crippen molar-refractivity contribution in [3.63, 3.8) is 0 Å². The van der Waals surface area contributed by atoms with Gasteiger partial charge >= 0.3 is 8.80 Å². The molecule has 0 aliphatic heterocycles. The number of rotatable bonds is 25. The van der Waals surface area contributed by atoms with Crippen LogP contribution in [0.1, 0.15) is 129 Å². The van der Waals surface area contributed by atoms with E-state index < -0.39 is 8.80 Å². The third-order valence-electron chi connectivity index (χ3n) is 8.24. The number of hydrogen-bond acceptors (Lipinski definition) is 4. The zero-order chi connectivity index (χ0) is 27.2. The highest BCUT2D eigenvalue weighted by Gasteiger charge is 2.38. The summed E-state index contributed by atoms with van der Waals surface area (Å²) in [6, 6.07) is 11.6. The van der Waals surface area contributed by atoms with Gasteiger partial charge in [-0.25, -0.2) is 0 Å². The van der Waals surface area contributed by atoms with Crippen LogP contribution in [0, 0.1) is 5.92 Å². The summed E-state index contributed by atoms with van der Waals surface area (Å²) in [5.41, 5.74) is 8.11. The minimum absolute atomic E-state index is 0. The maximum Gasteiger partial charge on any atom is 0.500 e. The van der Waals surface area contributed by atoms with Crippen molar-refractivity contribution in [2.24, 2.45) is 11.7 Å². The van der Waals surface area contributed by atoms with Crippen LogP contribution in [0.2, 0.25) is 6.04 Å². The first-order valence-corrected chi connectivity index (χ1v) is 17.3. The Morgan fingerprint density at radius 2 is 1.05 bits per heavy atom. The van der Waals surface area contributed by atoms with E-state index in [0.29, 0.717) is 5.92 Å². The van der Waals surface area contributed by atoms with Crippen LogP contribution >= 0.6 is 71.9 Å². The molecule has 0 bridgehead atoms. The van der Waals surface area contributed by atoms with Crippen LogP contribution in [-0.4, -0.2) is 35.7 Å². The van der Waals surface area contributed by atoms with E-state index in [4.69, 9.17) is 19.0 Å². The standard InChI is InChI=1S/C32H61NO3Si.3HI/c1-6-7-8-9-10-11-12-13-14-15-16-17-18-22-26-31(27-23-28-37(34-3,35-4)36-5)32(2,33)29-30-24-20-19-21-25-30;;;/h19-21,24-25,31H,6-18,22-23,26-29,33H2,1-5H3;3*1H. The van der Waals surface area contributed by atoms with Crippen LogP contribution in [0.15, 0.2) is 30.3 Å². The molecule has 8 heteroatoms. The summed E-state index contributed by atoms with van der Waals surface area (Å²) in [6.07, 6.45) is 23.7. The predicted molar refractivity (Wildman–Crippen MR) is 208 cm³/mol. The lowest BCUT2D eigenvalue weighted by atomic mass is 9.76. The summed E-state index contributed by atoms with van der Waals surface area (Å²) < 4.78 is 16.9. The Labute approximate surface area is 301 Å². The molecule has 2 N–H and O–H groups in total. The zero-order valence-corrected chi connectivity index (χ0v) is 34.4. The van der Waals surface area contributed by atoms with E-state index in [-0.39, 0.29) is 77.5 Å². The number of benzene rings is 1. The third-order valence-corrected chi connectivity index (χ3v) is 11.1. The molecule has 4 nitrogen and oxygen atoms in total. The van der Waals surface area contributed by atoms with Crippen molar-refractivity contribution in [1.29, 1.82) is 0 Å². The van der Waals surface area contributed by atoms with Gasteiger partial charge in [0.1, 0.15) is 0 Å². The number of nitrogens with two attached hydrogens (primary N) is 1. The minimum atomic E-state index is -2.53. The van der Waals surface area contributed by atoms with Crippen LogP contribution in [0.25, 0.3) is 0 Å². The first kappa shape index (κ1) is 45.9. The van der Waals surface area contributed by atoms with E-state index in [1.54, 1.807) is 21.3 Å². The van der Waals surface area contributed by atoms with Crippen molar-refractivity contribution >= 4 is 80.7 Å². The van der Waals surface area contributed by atoms with Crippen molar-refractivity contribution in [2.45, 2.75) is 141 Å². The average molecular weight is 920 g/mol. The highest BCUT2D eigenvalue weighted by molar-refractivity contribution is 14.0. The number of hydrogen-bond donors (Lipinski definition) is 1. The molecule has 1 rings (SSSR count). The normalized spacial score (nSPS) is 13.4. The van der Waals surface area contributed by atoms with Crippen LogP contribution < -0.4 is 5.73 Å². The van der Waals surface area contributed by atoms with Gasteiger partial charge in [-0.1, -0.05) is 127 Å². The van der Waals surface area contributed by atoms with Gasteiger partial charge in [-0.05, 0) is 44.1 Å². The Morgan fingerprint density at radius 3 is 1.48 bits per heavy atom. The monoisotopic (exact) mass is 919 g/mol. The fourth-order valence-corrected chi connectivity index (χ4v) is 7.44. The fraction of sp³-hybridized carbons (Fsp3) is 0.812. The molecule has 0 aliphatic carbocycles. The van der Waals surface area contributed by atoms with Crippen LogP contribution in [-0.2, 0) is 19.7 Å². The molecule has 0 aliphatic rings. The van der Waals surface area contributed by atoms with Gasteiger partial charge in [-0.2, -0.15) is 0 Å². The molecule has 0 fully saturated rings. The molecule has 0 saturated carbocycles. The summed E-state index contributed by atoms with van der Waals surface area (Å²) in [5.74, 6) is 0.474. The molecule has 2 atom stereocenters. The van der Waals surface area contributed by atoms with Crippen molar-refractivity contribution in [1.82, 2.24) is 0 Å². The lowest BCUT2D eigenvalue weighted by Crippen LogP contribution is -2.47. The molecule has 1 aromatic carbocycles. The second-order valence-corrected chi connectivity index (χ2v) is 14.5. The van der Waals surface area contributed by atoms with Crippen molar-refractivity contribution in [2.75, 3.05) is 21.3 Å². The Balaban J connectivity index is -0.00000456. The van der Waals surface area contributed by atoms with Crippen LogP contribution in [0.5, 0.6) is 0 Å². The van der Waals surface area contributed by atoms with E-state index in [1.807, 2.05) is 0 Å². The van der Waals surface area contributed by atoms with Gasteiger partial charge in [-0.3, -0.25) is 0 Å². The van der Waals surface area contributed by atoms with Gasteiger partial charge < -0.3 is 19.0 Å². The molecule has 1 aromatic rings. The van der Waals surface area contributed by atoms with Crippen molar-refractivity contribution in [3.8, 4) is 0 Å². The quantitative estimate of drug-likeness (QED) is 0.0603. The van der Waals surface area contributed by atoms with Gasteiger partial charge in [0.2, 0.25) is 0 Å². The van der Waals surface area contributed by atoms with Crippen LogP contribution in [0.3, 0.4) is 0 Å². The van der Waals surface area contributed by atoms with Gasteiger partial charge in [-0.15, -0.1) is 71.9 Å². The van der Waals surface area contributed by atoms with Gasteiger partial charge in [0.25, 0.3) is 0 Å². The first-order chi connectivity index (χ1) is 17.9. The molecular formula is C32H64I3NO3Si. The Bertz CT molecular complexity index is 643. The molecular weight excluding hydrogens is 855 g/mol. The maximum absolute atomic E-state index is 7.01. The van der Waals surface area contributed by atoms with E-state index in [9.17, 15) is 0 Å². The number of halogens is 3. The molecule has 2 unspecified atom stereocenters. The molecule has 0 aromatic heterocycles. The largest absolute Gasteiger partial charge is 0.500 e. The summed E-state index contributed by atoms with van der Waals surface area (Å²) in [4.78, 5) is 0. The second-order valence-electron chi connectivity index (χ2n) is 11.4. The molecule has 0 spiro atoms. The van der Waals surface area contributed by atoms with Gasteiger partial charge in [0, 0.05) is 32.9 Å². The van der Waals surface area contributed by atoms with Crippen molar-refractivity contribution < 1.29 is 13.3 Å². The topological polar surface area (TPSA) is 53.7 Å². The molecule has 40 heavy (non-hydrogen) atoms. The van der Waals surface area contributed by atoms with E-state index in [0.717, 1.165) is 25.3 Å². The van der Waals surface area contributed by atoms with E-state index in [1.165, 1.54) is 102 Å². The SMILES string of the molecule is CCCCCCCCCCCCCCCCC(CCC[Si](OC)(OC)OC)C(C)(N)Cc1ccccc1.I.I.I. The average Bonchev–Trinajstić information content (AvgIpc) is 2.90. The van der Waals surface area contributed by atoms with E-state index in [2.05, 4.69) is 44.2 Å². The first-order valence-electron chi connectivity index (χ1n) is 15.4. The summed E-state index contributed by atoms with van der Waals surface area (Å²) in [7, 11) is 2.57. The fourth-order valence-electron chi connectivity index (χ4n) is 5.69. The van der Waals surface area contributed by atoms with Gasteiger partial charge in [0.05, 0.1) is 0 Å². The molecule has 0 saturated heterocycles. The van der Waals surface area contributed by atoms with Crippen LogP contribution in [0.4, 0.5) is 0 Å². The maximum atomic E-state index is 7.01. The highest BCUT2D eigenvalue weighted by Crippen LogP contribution is 2.31. The summed E-state index contributed by atoms with van der Waals surface area (Å²) in [5, 5.41) is 0. The summed E-state index contributed by atoms with van der Waals surface area (Å²) in [6.45, 7) is 4.54. The van der Waals surface area contributed by atoms with Crippen molar-refractivity contribution in [3.05, 3.63) is 35.9 Å². The lowest BCUT2D eigenvalue weighted by Gasteiger charge is -2.35. The third kappa shape index (κ3) is 21.2. The Hall–Kier alpha value is 1.47. The summed E-state index contributed by atoms with van der Waals surface area (Å²) >= 11 is 0. The smallest absolute Gasteiger partial charge is 0.377 e.